The molecule has 4 nitrogen and oxygen atoms in total. The summed E-state index contributed by atoms with van der Waals surface area (Å²) in [4.78, 5) is 11.6. The molecule has 8 rings (SSSR count). The van der Waals surface area contributed by atoms with Gasteiger partial charge in [-0.15, -0.1) is 0 Å². The number of aromatic nitrogens is 3. The number of hydrogen-bond acceptors (Lipinski definition) is 1. The first kappa shape index (κ1) is 36.3. The lowest BCUT2D eigenvalue weighted by Gasteiger charge is -2.11. The Morgan fingerprint density at radius 3 is 0.875 bits per heavy atom. The number of aliphatic imine (C=N–C) groups is 1. The van der Waals surface area contributed by atoms with E-state index in [-0.39, 0.29) is 11.2 Å². The lowest BCUT2D eigenvalue weighted by molar-refractivity contribution is 0.381. The molecular weight excluding hydrogens is 785 g/mol. The molecule has 0 unspecified atom stereocenters. The summed E-state index contributed by atoms with van der Waals surface area (Å²) in [5, 5.41) is 0. The molecule has 0 saturated heterocycles. The van der Waals surface area contributed by atoms with Gasteiger partial charge in [-0.1, -0.05) is 0 Å². The number of rotatable bonds is 3. The molecule has 0 spiro atoms. The molecule has 0 amide bonds. The van der Waals surface area contributed by atoms with E-state index in [0.29, 0.717) is 0 Å². The van der Waals surface area contributed by atoms with Crippen LogP contribution >= 0.6 is 0 Å². The Morgan fingerprint density at radius 2 is 0.536 bits per heavy atom. The Kier molecular flexibility index (Phi) is 8.24. The molecule has 3 N–H and O–H groups in total. The van der Waals surface area contributed by atoms with Crippen molar-refractivity contribution in [3.8, 4) is 33.4 Å². The average Bonchev–Trinajstić information content (AvgIpc) is 4.03. The summed E-state index contributed by atoms with van der Waals surface area (Å²) in [5.74, 6) is -36.4. The number of nitrogens with zero attached hydrogens (tertiary/aromatic N) is 1. The van der Waals surface area contributed by atoms with Crippen LogP contribution in [0.25, 0.3) is 66.5 Å². The molecule has 19 heteroatoms. The van der Waals surface area contributed by atoms with Crippen LogP contribution in [0.3, 0.4) is 0 Å². The molecule has 284 valence electrons. The lowest BCUT2D eigenvalue weighted by atomic mass is 9.99. The summed E-state index contributed by atoms with van der Waals surface area (Å²) in [6, 6.07) is 6.69. The van der Waals surface area contributed by atoms with E-state index in [1.54, 1.807) is 0 Å². The number of benzene rings is 3. The highest BCUT2D eigenvalue weighted by molar-refractivity contribution is 6.04. The first-order valence-electron chi connectivity index (χ1n) is 15.4. The van der Waals surface area contributed by atoms with Gasteiger partial charge in [-0.25, -0.2) is 65.9 Å². The third-order valence-electron chi connectivity index (χ3n) is 8.98. The van der Waals surface area contributed by atoms with Crippen molar-refractivity contribution in [1.82, 2.24) is 15.0 Å². The highest BCUT2D eigenvalue weighted by Crippen LogP contribution is 2.42. The maximum atomic E-state index is 15.6. The molecule has 7 aromatic rings. The van der Waals surface area contributed by atoms with Crippen molar-refractivity contribution in [1.29, 1.82) is 0 Å². The fourth-order valence-corrected chi connectivity index (χ4v) is 6.45. The summed E-state index contributed by atoms with van der Waals surface area (Å²) < 4.78 is 223. The van der Waals surface area contributed by atoms with Crippen LogP contribution in [-0.4, -0.2) is 21.2 Å². The molecule has 5 heterocycles. The van der Waals surface area contributed by atoms with E-state index < -0.39 is 154 Å². The van der Waals surface area contributed by atoms with Crippen molar-refractivity contribution < 1.29 is 65.9 Å². The van der Waals surface area contributed by atoms with Gasteiger partial charge in [0, 0.05) is 56.1 Å². The molecule has 1 aliphatic rings. The summed E-state index contributed by atoms with van der Waals surface area (Å²) in [7, 11) is 0. The Morgan fingerprint density at radius 1 is 0.286 bits per heavy atom. The normalized spacial score (nSPS) is 12.1. The Bertz CT molecular complexity index is 2960. The summed E-state index contributed by atoms with van der Waals surface area (Å²) in [5.41, 5.74) is -11.1. The van der Waals surface area contributed by atoms with Gasteiger partial charge in [0.2, 0.25) is 17.5 Å². The van der Waals surface area contributed by atoms with E-state index in [2.05, 4.69) is 19.9 Å². The third-order valence-corrected chi connectivity index (χ3v) is 8.98. The first-order valence-corrected chi connectivity index (χ1v) is 15.4. The fourth-order valence-electron chi connectivity index (χ4n) is 6.45. The zero-order valence-corrected chi connectivity index (χ0v) is 26.7. The van der Waals surface area contributed by atoms with Gasteiger partial charge < -0.3 is 15.0 Å². The van der Waals surface area contributed by atoms with Gasteiger partial charge in [-0.05, 0) is 42.5 Å². The molecule has 1 aliphatic heterocycles. The third kappa shape index (κ3) is 5.09. The van der Waals surface area contributed by atoms with Crippen molar-refractivity contribution in [2.24, 2.45) is 4.99 Å². The molecule has 4 aromatic heterocycles. The van der Waals surface area contributed by atoms with E-state index >= 15 is 26.3 Å². The summed E-state index contributed by atoms with van der Waals surface area (Å²) >= 11 is 0. The molecule has 3 aromatic carbocycles. The molecule has 0 saturated carbocycles. The van der Waals surface area contributed by atoms with Crippen molar-refractivity contribution in [2.45, 2.75) is 0 Å². The topological polar surface area (TPSA) is 59.7 Å². The summed E-state index contributed by atoms with van der Waals surface area (Å²) in [6.07, 6.45) is 0.870. The van der Waals surface area contributed by atoms with Crippen molar-refractivity contribution >= 4 is 45.0 Å². The quantitative estimate of drug-likeness (QED) is 0.0906. The minimum absolute atomic E-state index is 0.119. The Labute approximate surface area is 299 Å². The highest BCUT2D eigenvalue weighted by atomic mass is 19.2. The number of fused-ring (bicyclic) bond motifs is 9. The van der Waals surface area contributed by atoms with Crippen molar-refractivity contribution in [3.63, 3.8) is 0 Å². The fraction of sp³-hybridized carbons (Fsp3) is 0. The highest BCUT2D eigenvalue weighted by Gasteiger charge is 2.32. The van der Waals surface area contributed by atoms with Crippen LogP contribution in [0.1, 0.15) is 5.56 Å². The van der Waals surface area contributed by atoms with Crippen LogP contribution in [0.2, 0.25) is 0 Å². The predicted octanol–water partition coefficient (Wildman–Crippen LogP) is 12.0. The standard InChI is InChI=1S/C37H11F15N4/c38-23-20(24(39)30(45)35(50)29(23)44)17-9-7-16(53-8-9)10-1-2-12(54-10)18(21-25(40)31(46)36(51)32(47)26(21)41)14-5-6-15(56-14)19(13-4-3-11(17)55-13)22-27(42)33(48)37(52)34(49)28(22)43/h1-8,54-56H. The van der Waals surface area contributed by atoms with E-state index in [4.69, 9.17) is 0 Å². The van der Waals surface area contributed by atoms with Gasteiger partial charge in [-0.3, -0.25) is 4.99 Å². The number of H-pyrrole nitrogens is 3. The van der Waals surface area contributed by atoms with Gasteiger partial charge in [0.05, 0.1) is 27.9 Å². The molecule has 56 heavy (non-hydrogen) atoms. The second-order valence-corrected chi connectivity index (χ2v) is 12.1. The van der Waals surface area contributed by atoms with Gasteiger partial charge in [0.15, 0.2) is 69.8 Å². The maximum absolute atomic E-state index is 15.6. The van der Waals surface area contributed by atoms with Crippen LogP contribution in [0, 0.1) is 87.3 Å². The molecule has 8 bridgehead atoms. The summed E-state index contributed by atoms with van der Waals surface area (Å²) in [6.45, 7) is 0. The largest absolute Gasteiger partial charge is 0.354 e. The number of nitrogens with one attached hydrogen (secondary N) is 3. The van der Waals surface area contributed by atoms with Gasteiger partial charge in [-0.2, -0.15) is 0 Å². The van der Waals surface area contributed by atoms with E-state index in [1.807, 2.05) is 0 Å². The van der Waals surface area contributed by atoms with Gasteiger partial charge in [0.1, 0.15) is 0 Å². The Balaban J connectivity index is 1.65. The van der Waals surface area contributed by atoms with Crippen LogP contribution < -0.4 is 0 Å². The van der Waals surface area contributed by atoms with Crippen LogP contribution in [-0.2, 0) is 0 Å². The molecular formula is C37H11F15N4. The Hall–Kier alpha value is -6.66. The second-order valence-electron chi connectivity index (χ2n) is 12.1. The predicted molar refractivity (Wildman–Crippen MR) is 171 cm³/mol. The van der Waals surface area contributed by atoms with E-state index in [1.165, 1.54) is 0 Å². The molecule has 0 fully saturated rings. The van der Waals surface area contributed by atoms with Gasteiger partial charge in [0.25, 0.3) is 0 Å². The zero-order valence-electron chi connectivity index (χ0n) is 26.7. The van der Waals surface area contributed by atoms with Crippen LogP contribution in [0.15, 0.2) is 47.5 Å². The SMILES string of the molecule is Fc1c(F)c(F)c(-c2c3cc(c4ccc([nH]4)c(-c4c(F)c(F)c(F)c(F)c4F)c4ccc([nH]4)c(-c4c(F)c(F)c(F)c(F)c4F)c4ccc2[nH]4)N=C3)c(F)c1F. The first-order chi connectivity index (χ1) is 26.5. The van der Waals surface area contributed by atoms with Crippen LogP contribution in [0.4, 0.5) is 71.5 Å². The maximum Gasteiger partial charge on any atom is 0.200 e. The number of halogens is 15. The average molecular weight is 796 g/mol. The second kappa shape index (κ2) is 12.7. The molecule has 0 radical (unpaired) electrons. The van der Waals surface area contributed by atoms with E-state index in [9.17, 15) is 39.5 Å². The number of aromatic amines is 3. The number of hydrogen-bond donors (Lipinski definition) is 3. The van der Waals surface area contributed by atoms with Crippen LogP contribution in [0.5, 0.6) is 0 Å². The van der Waals surface area contributed by atoms with Crippen molar-refractivity contribution in [2.75, 3.05) is 0 Å². The monoisotopic (exact) mass is 796 g/mol. The lowest BCUT2D eigenvalue weighted by Crippen LogP contribution is -2.05. The van der Waals surface area contributed by atoms with Gasteiger partial charge >= 0.3 is 0 Å². The molecule has 0 atom stereocenters. The zero-order chi connectivity index (χ0) is 40.2. The minimum atomic E-state index is -2.59. The molecule has 0 aliphatic carbocycles. The van der Waals surface area contributed by atoms with Crippen molar-refractivity contribution in [3.05, 3.63) is 135 Å². The smallest absolute Gasteiger partial charge is 0.200 e. The minimum Gasteiger partial charge on any atom is -0.354 e. The van der Waals surface area contributed by atoms with E-state index in [0.717, 1.165) is 48.7 Å².